The molecule has 3 N–H and O–H groups in total. The average Bonchev–Trinajstić information content (AvgIpc) is 3.27. The van der Waals surface area contributed by atoms with Gasteiger partial charge in [0.15, 0.2) is 0 Å². The van der Waals surface area contributed by atoms with Gasteiger partial charge in [0.25, 0.3) is 0 Å². The number of thiazole rings is 1. The zero-order valence-electron chi connectivity index (χ0n) is 14.6. The fraction of sp³-hybridized carbons (Fsp3) is 0.562. The van der Waals surface area contributed by atoms with Crippen LogP contribution in [0.1, 0.15) is 34.9 Å². The summed E-state index contributed by atoms with van der Waals surface area (Å²) < 4.78 is 4.59. The molecule has 140 valence electrons. The lowest BCUT2D eigenvalue weighted by molar-refractivity contribution is -0.125. The molecule has 0 unspecified atom stereocenters. The molecular weight excluding hydrogens is 358 g/mol. The minimum atomic E-state index is -0.748. The monoisotopic (exact) mass is 379 g/mol. The van der Waals surface area contributed by atoms with Crippen molar-refractivity contribution in [3.8, 4) is 0 Å². The Morgan fingerprint density at radius 1 is 1.35 bits per heavy atom. The normalized spacial score (nSPS) is 22.3. The largest absolute Gasteiger partial charge is 0.391 e. The highest BCUT2D eigenvalue weighted by Gasteiger charge is 2.37. The first-order chi connectivity index (χ1) is 12.4. The molecule has 3 rings (SSSR count). The number of nitrogens with one attached hydrogen (secondary N) is 2. The molecule has 2 aromatic heterocycles. The van der Waals surface area contributed by atoms with Crippen LogP contribution in [0.15, 0.2) is 10.0 Å². The number of amides is 2. The first-order valence-electron chi connectivity index (χ1n) is 8.36. The van der Waals surface area contributed by atoms with Gasteiger partial charge >= 0.3 is 0 Å². The van der Waals surface area contributed by atoms with E-state index in [0.29, 0.717) is 29.9 Å². The van der Waals surface area contributed by atoms with Crippen molar-refractivity contribution in [2.75, 3.05) is 0 Å². The van der Waals surface area contributed by atoms with Crippen LogP contribution in [0.2, 0.25) is 0 Å². The smallest absolute Gasteiger partial charge is 0.226 e. The van der Waals surface area contributed by atoms with Gasteiger partial charge in [-0.05, 0) is 26.7 Å². The Balaban J connectivity index is 1.48. The van der Waals surface area contributed by atoms with Crippen molar-refractivity contribution in [1.82, 2.24) is 25.9 Å². The predicted octanol–water partition coefficient (Wildman–Crippen LogP) is 0.258. The van der Waals surface area contributed by atoms with Gasteiger partial charge in [-0.3, -0.25) is 9.59 Å². The summed E-state index contributed by atoms with van der Waals surface area (Å²) in [5.74, 6) is -0.750. The van der Waals surface area contributed by atoms with E-state index in [9.17, 15) is 14.7 Å². The standard InChI is InChI=1S/C16H21N5O4S/c1-8-13(21-25-20-8)6-17-16(24)10-3-12(14(22)4-10)19-15(23)5-11-7-26-9(2)18-11/h7,10,12,14,22H,3-6H2,1-2H3,(H,17,24)(H,19,23)/t10-,12+,14+/m0/s1. The van der Waals surface area contributed by atoms with Crippen LogP contribution >= 0.6 is 11.3 Å². The maximum Gasteiger partial charge on any atom is 0.226 e. The number of aromatic nitrogens is 3. The maximum atomic E-state index is 12.3. The first kappa shape index (κ1) is 18.5. The molecule has 10 heteroatoms. The Morgan fingerprint density at radius 2 is 2.15 bits per heavy atom. The van der Waals surface area contributed by atoms with E-state index in [1.807, 2.05) is 12.3 Å². The highest BCUT2D eigenvalue weighted by Crippen LogP contribution is 2.26. The predicted molar refractivity (Wildman–Crippen MR) is 92.1 cm³/mol. The van der Waals surface area contributed by atoms with Gasteiger partial charge in [0.2, 0.25) is 11.8 Å². The Labute approximate surface area is 154 Å². The third-order valence-electron chi connectivity index (χ3n) is 4.43. The molecule has 2 heterocycles. The lowest BCUT2D eigenvalue weighted by Gasteiger charge is -2.16. The fourth-order valence-electron chi connectivity index (χ4n) is 3.02. The number of aliphatic hydroxyl groups is 1. The molecule has 0 aromatic carbocycles. The molecule has 3 atom stereocenters. The number of hydrogen-bond donors (Lipinski definition) is 3. The van der Waals surface area contributed by atoms with Gasteiger partial charge in [-0.25, -0.2) is 9.61 Å². The van der Waals surface area contributed by atoms with Crippen LogP contribution in [-0.4, -0.2) is 44.4 Å². The third kappa shape index (κ3) is 4.44. The van der Waals surface area contributed by atoms with E-state index in [1.165, 1.54) is 11.3 Å². The van der Waals surface area contributed by atoms with Crippen molar-refractivity contribution in [2.24, 2.45) is 5.92 Å². The van der Waals surface area contributed by atoms with Gasteiger partial charge in [-0.1, -0.05) is 10.3 Å². The molecule has 2 aromatic rings. The summed E-state index contributed by atoms with van der Waals surface area (Å²) in [6.45, 7) is 3.85. The number of aryl methyl sites for hydroxylation is 2. The van der Waals surface area contributed by atoms with Crippen LogP contribution in [0.25, 0.3) is 0 Å². The fourth-order valence-corrected chi connectivity index (χ4v) is 3.63. The summed E-state index contributed by atoms with van der Waals surface area (Å²) in [5.41, 5.74) is 1.91. The molecular formula is C16H21N5O4S. The Kier molecular flexibility index (Phi) is 5.62. The maximum absolute atomic E-state index is 12.3. The molecule has 0 radical (unpaired) electrons. The highest BCUT2D eigenvalue weighted by atomic mass is 32.1. The van der Waals surface area contributed by atoms with Crippen molar-refractivity contribution in [1.29, 1.82) is 0 Å². The molecule has 0 bridgehead atoms. The number of aliphatic hydroxyl groups excluding tert-OH is 1. The minimum absolute atomic E-state index is 0.170. The molecule has 1 aliphatic rings. The van der Waals surface area contributed by atoms with E-state index in [2.05, 4.69) is 30.6 Å². The van der Waals surface area contributed by atoms with Crippen molar-refractivity contribution >= 4 is 23.2 Å². The van der Waals surface area contributed by atoms with Crippen molar-refractivity contribution in [3.63, 3.8) is 0 Å². The highest BCUT2D eigenvalue weighted by molar-refractivity contribution is 7.09. The van der Waals surface area contributed by atoms with Crippen molar-refractivity contribution in [3.05, 3.63) is 27.5 Å². The number of nitrogens with zero attached hydrogens (tertiary/aromatic N) is 3. The topological polar surface area (TPSA) is 130 Å². The Hall–Kier alpha value is -2.33. The van der Waals surface area contributed by atoms with Crippen LogP contribution in [0, 0.1) is 19.8 Å². The summed E-state index contributed by atoms with van der Waals surface area (Å²) >= 11 is 1.49. The van der Waals surface area contributed by atoms with Crippen LogP contribution in [-0.2, 0) is 22.6 Å². The van der Waals surface area contributed by atoms with Gasteiger partial charge < -0.3 is 15.7 Å². The molecule has 1 aliphatic carbocycles. The molecule has 2 amide bonds. The zero-order valence-corrected chi connectivity index (χ0v) is 15.4. The Morgan fingerprint density at radius 3 is 2.81 bits per heavy atom. The van der Waals surface area contributed by atoms with Gasteiger partial charge in [-0.2, -0.15) is 0 Å². The quantitative estimate of drug-likeness (QED) is 0.656. The van der Waals surface area contributed by atoms with E-state index in [-0.39, 0.29) is 30.7 Å². The summed E-state index contributed by atoms with van der Waals surface area (Å²) in [5, 5.41) is 25.9. The second-order valence-corrected chi connectivity index (χ2v) is 7.52. The first-order valence-corrected chi connectivity index (χ1v) is 9.24. The number of carbonyl (C=O) groups excluding carboxylic acids is 2. The SMILES string of the molecule is Cc1nc(CC(=O)N[C@@H]2C[C@H](C(=O)NCc3nonc3C)C[C@H]2O)cs1. The summed E-state index contributed by atoms with van der Waals surface area (Å²) in [7, 11) is 0. The minimum Gasteiger partial charge on any atom is -0.391 e. The van der Waals surface area contributed by atoms with Gasteiger partial charge in [-0.15, -0.1) is 11.3 Å². The van der Waals surface area contributed by atoms with Crippen molar-refractivity contribution in [2.45, 2.75) is 51.8 Å². The molecule has 0 spiro atoms. The van der Waals surface area contributed by atoms with Crippen LogP contribution in [0.3, 0.4) is 0 Å². The van der Waals surface area contributed by atoms with E-state index in [1.54, 1.807) is 6.92 Å². The lowest BCUT2D eigenvalue weighted by Crippen LogP contribution is -2.40. The molecule has 1 fully saturated rings. The summed E-state index contributed by atoms with van der Waals surface area (Å²) in [6, 6.07) is -0.437. The zero-order chi connectivity index (χ0) is 18.7. The van der Waals surface area contributed by atoms with Gasteiger partial charge in [0, 0.05) is 11.3 Å². The van der Waals surface area contributed by atoms with E-state index < -0.39 is 12.1 Å². The third-order valence-corrected chi connectivity index (χ3v) is 5.25. The number of rotatable bonds is 6. The Bertz CT molecular complexity index is 789. The van der Waals surface area contributed by atoms with E-state index in [4.69, 9.17) is 0 Å². The van der Waals surface area contributed by atoms with Crippen molar-refractivity contribution < 1.29 is 19.3 Å². The summed E-state index contributed by atoms with van der Waals surface area (Å²) in [6.07, 6.45) is 0.124. The molecule has 1 saturated carbocycles. The lowest BCUT2D eigenvalue weighted by atomic mass is 10.1. The molecule has 9 nitrogen and oxygen atoms in total. The van der Waals surface area contributed by atoms with E-state index >= 15 is 0 Å². The number of carbonyl (C=O) groups is 2. The van der Waals surface area contributed by atoms with Crippen LogP contribution < -0.4 is 10.6 Å². The molecule has 0 aliphatic heterocycles. The van der Waals surface area contributed by atoms with Crippen LogP contribution in [0.5, 0.6) is 0 Å². The van der Waals surface area contributed by atoms with Crippen LogP contribution in [0.4, 0.5) is 0 Å². The van der Waals surface area contributed by atoms with Gasteiger partial charge in [0.1, 0.15) is 11.4 Å². The average molecular weight is 379 g/mol. The second-order valence-electron chi connectivity index (χ2n) is 6.46. The van der Waals surface area contributed by atoms with E-state index in [0.717, 1.165) is 5.01 Å². The number of hydrogen-bond acceptors (Lipinski definition) is 8. The summed E-state index contributed by atoms with van der Waals surface area (Å²) in [4.78, 5) is 28.7. The molecule has 26 heavy (non-hydrogen) atoms. The second kappa shape index (κ2) is 7.92. The molecule has 0 saturated heterocycles. The van der Waals surface area contributed by atoms with Gasteiger partial charge in [0.05, 0.1) is 35.8 Å².